The van der Waals surface area contributed by atoms with Crippen molar-refractivity contribution in [2.24, 2.45) is 0 Å². The second-order valence-electron chi connectivity index (χ2n) is 23.5. The number of carbonyl (C=O) groups excluding carboxylic acids is 2. The molecule has 0 spiro atoms. The Morgan fingerprint density at radius 1 is 0.365 bits per heavy atom. The number of esters is 1. The second-order valence-corrected chi connectivity index (χ2v) is 23.5. The lowest BCUT2D eigenvalue weighted by Gasteiger charge is -2.20. The van der Waals surface area contributed by atoms with Gasteiger partial charge in [-0.25, -0.2) is 0 Å². The molecule has 74 heavy (non-hydrogen) atoms. The van der Waals surface area contributed by atoms with Crippen molar-refractivity contribution in [1.29, 1.82) is 0 Å². The standard InChI is InChI=1S/C68H133NO5/c1-3-5-7-9-11-13-15-17-19-21-30-34-38-42-46-50-54-58-62-68(73)74-63-59-55-51-47-43-39-35-31-27-25-23-22-24-26-29-33-37-41-45-49-53-57-61-67(72)69-65(64-70)66(71)60-56-52-48-44-40-36-32-28-20-18-16-14-12-10-8-6-4-2/h56,60,65-66,70-71H,3-55,57-59,61-64H2,1-2H3,(H,69,72)/b60-56+. The average Bonchev–Trinajstić information content (AvgIpc) is 3.40. The van der Waals surface area contributed by atoms with Crippen LogP contribution in [-0.4, -0.2) is 47.4 Å². The molecule has 6 nitrogen and oxygen atoms in total. The molecule has 0 aromatic rings. The summed E-state index contributed by atoms with van der Waals surface area (Å²) in [6, 6.07) is -0.627. The van der Waals surface area contributed by atoms with Gasteiger partial charge in [-0.2, -0.15) is 0 Å². The Labute approximate surface area is 463 Å². The Bertz CT molecular complexity index is 1110. The number of allylic oxidation sites excluding steroid dienone is 1. The number of amides is 1. The maximum absolute atomic E-state index is 12.5. The highest BCUT2D eigenvalue weighted by Gasteiger charge is 2.18. The molecule has 0 aromatic heterocycles. The molecule has 0 radical (unpaired) electrons. The zero-order valence-electron chi connectivity index (χ0n) is 50.4. The van der Waals surface area contributed by atoms with E-state index in [0.717, 1.165) is 38.5 Å². The van der Waals surface area contributed by atoms with Crippen LogP contribution in [0.3, 0.4) is 0 Å². The van der Waals surface area contributed by atoms with Crippen molar-refractivity contribution in [1.82, 2.24) is 5.32 Å². The van der Waals surface area contributed by atoms with E-state index in [1.165, 1.54) is 321 Å². The van der Waals surface area contributed by atoms with Crippen molar-refractivity contribution < 1.29 is 24.5 Å². The summed E-state index contributed by atoms with van der Waals surface area (Å²) in [5.41, 5.74) is 0. The lowest BCUT2D eigenvalue weighted by atomic mass is 10.0. The predicted molar refractivity (Wildman–Crippen MR) is 324 cm³/mol. The number of carbonyl (C=O) groups is 2. The molecular formula is C68H133NO5. The number of hydrogen-bond donors (Lipinski definition) is 3. The normalized spacial score (nSPS) is 12.5. The molecule has 0 aliphatic heterocycles. The molecule has 0 fully saturated rings. The summed E-state index contributed by atoms with van der Waals surface area (Å²) in [5, 5.41) is 23.2. The van der Waals surface area contributed by atoms with Gasteiger partial charge in [-0.05, 0) is 32.1 Å². The van der Waals surface area contributed by atoms with Crippen molar-refractivity contribution in [3.8, 4) is 0 Å². The van der Waals surface area contributed by atoms with Crippen molar-refractivity contribution in [2.45, 2.75) is 398 Å². The third kappa shape index (κ3) is 59.8. The molecule has 0 saturated carbocycles. The van der Waals surface area contributed by atoms with Gasteiger partial charge in [0, 0.05) is 12.8 Å². The third-order valence-corrected chi connectivity index (χ3v) is 16.1. The van der Waals surface area contributed by atoms with Gasteiger partial charge in [0.15, 0.2) is 0 Å². The Morgan fingerprint density at radius 2 is 0.622 bits per heavy atom. The van der Waals surface area contributed by atoms with Crippen LogP contribution in [0.1, 0.15) is 386 Å². The first-order valence-electron chi connectivity index (χ1n) is 34.0. The number of ether oxygens (including phenoxy) is 1. The molecule has 0 rings (SSSR count). The van der Waals surface area contributed by atoms with Gasteiger partial charge < -0.3 is 20.3 Å². The molecule has 0 heterocycles. The first-order chi connectivity index (χ1) is 36.5. The van der Waals surface area contributed by atoms with E-state index in [-0.39, 0.29) is 18.5 Å². The van der Waals surface area contributed by atoms with E-state index in [1.54, 1.807) is 6.08 Å². The summed E-state index contributed by atoms with van der Waals surface area (Å²) in [7, 11) is 0. The molecule has 0 aliphatic rings. The van der Waals surface area contributed by atoms with E-state index < -0.39 is 12.1 Å². The quantitative estimate of drug-likeness (QED) is 0.0320. The van der Waals surface area contributed by atoms with Gasteiger partial charge in [-0.1, -0.05) is 353 Å². The summed E-state index contributed by atoms with van der Waals surface area (Å²) in [4.78, 5) is 24.6. The van der Waals surface area contributed by atoms with E-state index in [2.05, 4.69) is 19.2 Å². The van der Waals surface area contributed by atoms with Gasteiger partial charge in [0.2, 0.25) is 5.91 Å². The lowest BCUT2D eigenvalue weighted by molar-refractivity contribution is -0.143. The van der Waals surface area contributed by atoms with Gasteiger partial charge in [0.1, 0.15) is 0 Å². The van der Waals surface area contributed by atoms with Crippen LogP contribution in [0.4, 0.5) is 0 Å². The SMILES string of the molecule is CCCCCCCCCCCCCCCCC/C=C/C(O)C(CO)NC(=O)CCCCCCCCCCCCCCCCCCCCCCCCOC(=O)CCCCCCCCCCCCCCCCCCCC. The third-order valence-electron chi connectivity index (χ3n) is 16.1. The lowest BCUT2D eigenvalue weighted by Crippen LogP contribution is -2.45. The van der Waals surface area contributed by atoms with Gasteiger partial charge in [-0.15, -0.1) is 0 Å². The molecule has 0 saturated heterocycles. The molecule has 0 aromatic carbocycles. The Balaban J connectivity index is 3.37. The Morgan fingerprint density at radius 3 is 0.919 bits per heavy atom. The largest absolute Gasteiger partial charge is 0.466 e. The first kappa shape index (κ1) is 72.6. The molecular weight excluding hydrogens is 911 g/mol. The Kier molecular flexibility index (Phi) is 62.9. The maximum atomic E-state index is 12.5. The number of unbranched alkanes of at least 4 members (excludes halogenated alkanes) is 53. The van der Waals surface area contributed by atoms with Gasteiger partial charge >= 0.3 is 5.97 Å². The zero-order valence-corrected chi connectivity index (χ0v) is 50.4. The van der Waals surface area contributed by atoms with Crippen LogP contribution < -0.4 is 5.32 Å². The van der Waals surface area contributed by atoms with E-state index in [0.29, 0.717) is 19.4 Å². The van der Waals surface area contributed by atoms with Crippen LogP contribution in [0.15, 0.2) is 12.2 Å². The van der Waals surface area contributed by atoms with E-state index in [9.17, 15) is 19.8 Å². The smallest absolute Gasteiger partial charge is 0.305 e. The summed E-state index contributed by atoms with van der Waals surface area (Å²) in [5.74, 6) is -0.0466. The van der Waals surface area contributed by atoms with E-state index in [1.807, 2.05) is 6.08 Å². The van der Waals surface area contributed by atoms with Crippen LogP contribution in [0.25, 0.3) is 0 Å². The zero-order chi connectivity index (χ0) is 53.6. The second kappa shape index (κ2) is 64.1. The minimum atomic E-state index is -0.844. The van der Waals surface area contributed by atoms with Gasteiger partial charge in [0.25, 0.3) is 0 Å². The topological polar surface area (TPSA) is 95.9 Å². The van der Waals surface area contributed by atoms with Crippen LogP contribution in [-0.2, 0) is 14.3 Å². The minimum Gasteiger partial charge on any atom is -0.466 e. The van der Waals surface area contributed by atoms with Gasteiger partial charge in [-0.3, -0.25) is 9.59 Å². The van der Waals surface area contributed by atoms with Crippen molar-refractivity contribution in [3.63, 3.8) is 0 Å². The summed E-state index contributed by atoms with van der Waals surface area (Å²) < 4.78 is 5.51. The fourth-order valence-corrected chi connectivity index (χ4v) is 10.9. The van der Waals surface area contributed by atoms with Gasteiger partial charge in [0.05, 0.1) is 25.4 Å². The number of nitrogens with one attached hydrogen (secondary N) is 1. The highest BCUT2D eigenvalue weighted by molar-refractivity contribution is 5.76. The molecule has 6 heteroatoms. The number of aliphatic hydroxyl groups excluding tert-OH is 2. The molecule has 0 bridgehead atoms. The molecule has 1 amide bonds. The van der Waals surface area contributed by atoms with Crippen molar-refractivity contribution in [2.75, 3.05) is 13.2 Å². The minimum absolute atomic E-state index is 0.0181. The Hall–Kier alpha value is -1.40. The summed E-state index contributed by atoms with van der Waals surface area (Å²) in [6.45, 7) is 4.94. The highest BCUT2D eigenvalue weighted by atomic mass is 16.5. The number of aliphatic hydroxyl groups is 2. The van der Waals surface area contributed by atoms with Crippen molar-refractivity contribution in [3.05, 3.63) is 12.2 Å². The van der Waals surface area contributed by atoms with Crippen molar-refractivity contribution >= 4 is 11.9 Å². The fourth-order valence-electron chi connectivity index (χ4n) is 10.9. The summed E-state index contributed by atoms with van der Waals surface area (Å²) >= 11 is 0. The average molecular weight is 1040 g/mol. The molecule has 0 aliphatic carbocycles. The number of rotatable bonds is 64. The maximum Gasteiger partial charge on any atom is 0.305 e. The number of hydrogen-bond acceptors (Lipinski definition) is 5. The first-order valence-corrected chi connectivity index (χ1v) is 34.0. The fraction of sp³-hybridized carbons (Fsp3) is 0.941. The van der Waals surface area contributed by atoms with E-state index in [4.69, 9.17) is 4.74 Å². The predicted octanol–water partition coefficient (Wildman–Crippen LogP) is 21.6. The highest BCUT2D eigenvalue weighted by Crippen LogP contribution is 2.19. The van der Waals surface area contributed by atoms with E-state index >= 15 is 0 Å². The molecule has 2 unspecified atom stereocenters. The van der Waals surface area contributed by atoms with Crippen LogP contribution >= 0.6 is 0 Å². The monoisotopic (exact) mass is 1040 g/mol. The van der Waals surface area contributed by atoms with Crippen LogP contribution in [0.2, 0.25) is 0 Å². The molecule has 2 atom stereocenters. The summed E-state index contributed by atoms with van der Waals surface area (Å²) in [6.07, 6.45) is 78.4. The molecule has 440 valence electrons. The van der Waals surface area contributed by atoms with Crippen LogP contribution in [0.5, 0.6) is 0 Å². The van der Waals surface area contributed by atoms with Crippen LogP contribution in [0, 0.1) is 0 Å². The molecule has 3 N–H and O–H groups in total.